The van der Waals surface area contributed by atoms with Gasteiger partial charge in [0, 0.05) is 32.4 Å². The summed E-state index contributed by atoms with van der Waals surface area (Å²) in [6.07, 6.45) is -3.16. The molecule has 2 amide bonds. The van der Waals surface area contributed by atoms with E-state index in [-0.39, 0.29) is 57.1 Å². The van der Waals surface area contributed by atoms with Crippen molar-refractivity contribution in [3.8, 4) is 0 Å². The van der Waals surface area contributed by atoms with Crippen LogP contribution < -0.4 is 5.32 Å². The van der Waals surface area contributed by atoms with Gasteiger partial charge in [-0.2, -0.15) is 13.2 Å². The van der Waals surface area contributed by atoms with E-state index in [2.05, 4.69) is 20.7 Å². The van der Waals surface area contributed by atoms with Crippen molar-refractivity contribution in [1.82, 2.24) is 30.5 Å². The summed E-state index contributed by atoms with van der Waals surface area (Å²) >= 11 is 0. The molecule has 1 saturated heterocycles. The largest absolute Gasteiger partial charge is 0.417 e. The number of rotatable bonds is 6. The van der Waals surface area contributed by atoms with Crippen LogP contribution in [0.3, 0.4) is 0 Å². The van der Waals surface area contributed by atoms with Crippen molar-refractivity contribution in [2.75, 3.05) is 32.7 Å². The number of hydrogen-bond acceptors (Lipinski definition) is 5. The molecule has 0 saturated carbocycles. The number of carbonyl (C=O) groups excluding carboxylic acids is 2. The Morgan fingerprint density at radius 3 is 2.31 bits per heavy atom. The Morgan fingerprint density at radius 1 is 1.03 bits per heavy atom. The quantitative estimate of drug-likeness (QED) is 0.482. The molecule has 1 aliphatic heterocycles. The van der Waals surface area contributed by atoms with Gasteiger partial charge in [-0.05, 0) is 23.8 Å². The molecule has 36 heavy (non-hydrogen) atoms. The summed E-state index contributed by atoms with van der Waals surface area (Å²) in [4.78, 5) is 28.2. The summed E-state index contributed by atoms with van der Waals surface area (Å²) < 4.78 is 53.5. The van der Waals surface area contributed by atoms with Crippen LogP contribution in [0.2, 0.25) is 0 Å². The number of hydrogen-bond donors (Lipinski definition) is 2. The summed E-state index contributed by atoms with van der Waals surface area (Å²) in [7, 11) is 0. The predicted molar refractivity (Wildman–Crippen MR) is 124 cm³/mol. The molecule has 1 fully saturated rings. The topological polar surface area (TPSA) is 94.2 Å². The fraction of sp³-hybridized carbons (Fsp3) is 0.304. The van der Waals surface area contributed by atoms with E-state index < -0.39 is 29.0 Å². The molecule has 0 aliphatic carbocycles. The van der Waals surface area contributed by atoms with Crippen LogP contribution in [0, 0.1) is 5.82 Å². The number of aromatic amines is 1. The van der Waals surface area contributed by atoms with Gasteiger partial charge in [-0.25, -0.2) is 4.39 Å². The summed E-state index contributed by atoms with van der Waals surface area (Å²) in [5, 5.41) is 13.6. The number of carbonyl (C=O) groups is 2. The van der Waals surface area contributed by atoms with Crippen LogP contribution in [0.15, 0.2) is 54.7 Å². The predicted octanol–water partition coefficient (Wildman–Crippen LogP) is 3.05. The molecule has 3 aromatic rings. The zero-order valence-electron chi connectivity index (χ0n) is 18.8. The molecule has 0 radical (unpaired) electrons. The lowest BCUT2D eigenvalue weighted by atomic mass is 10.0. The standard InChI is InChI=1S/C23H22F4N6O2.ClH/c24-16-6-7-18(23(25,26)27)17(12-16)22(35)33-10-8-32(9-11-33)20(34)14-28-21(19-13-29-31-30-19)15-4-2-1-3-5-15;/h1-7,12-13,21,28H,8-11,14H2,(H,29,30,31);1H. The van der Waals surface area contributed by atoms with Gasteiger partial charge >= 0.3 is 6.18 Å². The Morgan fingerprint density at radius 2 is 1.69 bits per heavy atom. The summed E-state index contributed by atoms with van der Waals surface area (Å²) in [6.45, 7) is 0.321. The van der Waals surface area contributed by atoms with E-state index in [1.165, 1.54) is 9.80 Å². The van der Waals surface area contributed by atoms with Crippen molar-refractivity contribution in [2.24, 2.45) is 0 Å². The van der Waals surface area contributed by atoms with Gasteiger partial charge < -0.3 is 9.80 Å². The number of H-pyrrole nitrogens is 1. The Hall–Kier alpha value is -3.51. The monoisotopic (exact) mass is 526 g/mol. The molecule has 0 bridgehead atoms. The van der Waals surface area contributed by atoms with Crippen LogP contribution in [0.25, 0.3) is 0 Å². The zero-order chi connectivity index (χ0) is 25.0. The third-order valence-corrected chi connectivity index (χ3v) is 5.76. The first-order chi connectivity index (χ1) is 16.7. The molecule has 0 spiro atoms. The van der Waals surface area contributed by atoms with Crippen molar-refractivity contribution in [1.29, 1.82) is 0 Å². The molecule has 1 unspecified atom stereocenters. The first-order valence-electron chi connectivity index (χ1n) is 10.8. The lowest BCUT2D eigenvalue weighted by Crippen LogP contribution is -2.52. The van der Waals surface area contributed by atoms with Crippen LogP contribution in [-0.2, 0) is 11.0 Å². The average molecular weight is 527 g/mol. The average Bonchev–Trinajstić information content (AvgIpc) is 3.38. The minimum absolute atomic E-state index is 0. The number of piperazine rings is 1. The van der Waals surface area contributed by atoms with Crippen molar-refractivity contribution < 1.29 is 27.2 Å². The number of nitrogens with zero attached hydrogens (tertiary/aromatic N) is 4. The van der Waals surface area contributed by atoms with Crippen molar-refractivity contribution in [3.05, 3.63) is 82.9 Å². The Labute approximate surface area is 210 Å². The first kappa shape index (κ1) is 27.1. The Kier molecular flexibility index (Phi) is 8.64. The van der Waals surface area contributed by atoms with Gasteiger partial charge in [0.05, 0.1) is 23.7 Å². The van der Waals surface area contributed by atoms with E-state index in [1.54, 1.807) is 6.20 Å². The fourth-order valence-electron chi connectivity index (χ4n) is 3.96. The van der Waals surface area contributed by atoms with Crippen LogP contribution in [-0.4, -0.2) is 69.7 Å². The maximum Gasteiger partial charge on any atom is 0.417 e. The smallest absolute Gasteiger partial charge is 0.338 e. The van der Waals surface area contributed by atoms with Crippen LogP contribution in [0.1, 0.15) is 33.2 Å². The van der Waals surface area contributed by atoms with Crippen molar-refractivity contribution >= 4 is 24.2 Å². The van der Waals surface area contributed by atoms with Crippen LogP contribution in [0.4, 0.5) is 17.6 Å². The van der Waals surface area contributed by atoms with Gasteiger partial charge in [-0.15, -0.1) is 17.5 Å². The molecule has 2 aromatic carbocycles. The highest BCUT2D eigenvalue weighted by Crippen LogP contribution is 2.33. The highest BCUT2D eigenvalue weighted by molar-refractivity contribution is 5.96. The number of amides is 2. The van der Waals surface area contributed by atoms with E-state index in [4.69, 9.17) is 0 Å². The maximum atomic E-state index is 13.6. The Balaban J connectivity index is 0.00000361. The molecule has 1 aliphatic rings. The highest BCUT2D eigenvalue weighted by Gasteiger charge is 2.37. The van der Waals surface area contributed by atoms with Gasteiger partial charge in [0.1, 0.15) is 11.5 Å². The van der Waals surface area contributed by atoms with E-state index in [1.807, 2.05) is 30.3 Å². The van der Waals surface area contributed by atoms with Gasteiger partial charge in [-0.1, -0.05) is 35.5 Å². The maximum absolute atomic E-state index is 13.6. The van der Waals surface area contributed by atoms with Gasteiger partial charge in [-0.3, -0.25) is 20.0 Å². The van der Waals surface area contributed by atoms with E-state index in [0.29, 0.717) is 23.9 Å². The molecule has 4 rings (SSSR count). The number of halogens is 5. The molecular formula is C23H23ClF4N6O2. The minimum Gasteiger partial charge on any atom is -0.338 e. The van der Waals surface area contributed by atoms with E-state index >= 15 is 0 Å². The SMILES string of the molecule is Cl.O=C(CNC(c1ccccc1)c1c[nH]nn1)N1CCN(C(=O)c2cc(F)ccc2C(F)(F)F)CC1. The van der Waals surface area contributed by atoms with Gasteiger partial charge in [0.25, 0.3) is 5.91 Å². The second-order valence-corrected chi connectivity index (χ2v) is 7.98. The molecule has 8 nitrogen and oxygen atoms in total. The highest BCUT2D eigenvalue weighted by atomic mass is 35.5. The third-order valence-electron chi connectivity index (χ3n) is 5.76. The normalized spacial score (nSPS) is 14.8. The lowest BCUT2D eigenvalue weighted by molar-refractivity contribution is -0.138. The summed E-state index contributed by atoms with van der Waals surface area (Å²) in [6, 6.07) is 10.8. The summed E-state index contributed by atoms with van der Waals surface area (Å²) in [5.41, 5.74) is -0.432. The van der Waals surface area contributed by atoms with Crippen molar-refractivity contribution in [3.63, 3.8) is 0 Å². The molecular weight excluding hydrogens is 504 g/mol. The third kappa shape index (κ3) is 6.18. The van der Waals surface area contributed by atoms with Crippen molar-refractivity contribution in [2.45, 2.75) is 12.2 Å². The molecule has 2 heterocycles. The number of aromatic nitrogens is 3. The van der Waals surface area contributed by atoms with Crippen LogP contribution >= 0.6 is 12.4 Å². The molecule has 192 valence electrons. The second-order valence-electron chi connectivity index (χ2n) is 7.98. The van der Waals surface area contributed by atoms with Gasteiger partial charge in [0.15, 0.2) is 0 Å². The number of benzene rings is 2. The van der Waals surface area contributed by atoms with Crippen LogP contribution in [0.5, 0.6) is 0 Å². The number of alkyl halides is 3. The molecule has 1 atom stereocenters. The molecule has 13 heteroatoms. The van der Waals surface area contributed by atoms with E-state index in [0.717, 1.165) is 5.56 Å². The number of nitrogens with one attached hydrogen (secondary N) is 2. The fourth-order valence-corrected chi connectivity index (χ4v) is 3.96. The molecule has 2 N–H and O–H groups in total. The minimum atomic E-state index is -4.79. The molecule has 1 aromatic heterocycles. The Bertz CT molecular complexity index is 1170. The lowest BCUT2D eigenvalue weighted by Gasteiger charge is -2.35. The van der Waals surface area contributed by atoms with Gasteiger partial charge in [0.2, 0.25) is 5.91 Å². The zero-order valence-corrected chi connectivity index (χ0v) is 19.7. The second kappa shape index (κ2) is 11.5. The first-order valence-corrected chi connectivity index (χ1v) is 10.8. The van der Waals surface area contributed by atoms with E-state index in [9.17, 15) is 27.2 Å². The summed E-state index contributed by atoms with van der Waals surface area (Å²) in [5.74, 6) is -2.08.